The molecular formula is C27H28N4O4S2. The fourth-order valence-electron chi connectivity index (χ4n) is 4.44. The maximum atomic E-state index is 13.7. The summed E-state index contributed by atoms with van der Waals surface area (Å²) in [7, 11) is -3.70. The summed E-state index contributed by atoms with van der Waals surface area (Å²) in [5.74, 6) is -0.266. The van der Waals surface area contributed by atoms with Crippen molar-refractivity contribution in [2.75, 3.05) is 18.0 Å². The Labute approximate surface area is 220 Å². The van der Waals surface area contributed by atoms with Gasteiger partial charge in [-0.3, -0.25) is 14.7 Å². The Balaban J connectivity index is 1.45. The summed E-state index contributed by atoms with van der Waals surface area (Å²) < 4.78 is 34.6. The molecule has 4 aromatic rings. The van der Waals surface area contributed by atoms with Gasteiger partial charge in [0.15, 0.2) is 5.13 Å². The van der Waals surface area contributed by atoms with E-state index in [1.807, 2.05) is 45.0 Å². The van der Waals surface area contributed by atoms with Crippen LogP contribution in [0.4, 0.5) is 5.13 Å². The third-order valence-electron chi connectivity index (χ3n) is 6.20. The Bertz CT molecular complexity index is 1510. The van der Waals surface area contributed by atoms with E-state index in [2.05, 4.69) is 11.1 Å². The Kier molecular flexibility index (Phi) is 7.09. The molecule has 2 aromatic carbocycles. The van der Waals surface area contributed by atoms with Crippen LogP contribution in [0.5, 0.6) is 0 Å². The van der Waals surface area contributed by atoms with Crippen LogP contribution in [0.2, 0.25) is 0 Å². The first-order chi connectivity index (χ1) is 17.7. The fourth-order valence-corrected chi connectivity index (χ4v) is 7.09. The lowest BCUT2D eigenvalue weighted by Gasteiger charge is -2.34. The Morgan fingerprint density at radius 1 is 1.11 bits per heavy atom. The number of benzene rings is 2. The zero-order valence-corrected chi connectivity index (χ0v) is 22.5. The Morgan fingerprint density at radius 2 is 1.84 bits per heavy atom. The smallest absolute Gasteiger partial charge is 0.260 e. The first-order valence-corrected chi connectivity index (χ1v) is 14.3. The maximum absolute atomic E-state index is 13.7. The summed E-state index contributed by atoms with van der Waals surface area (Å²) in [6, 6.07) is 15.9. The second-order valence-corrected chi connectivity index (χ2v) is 12.3. The van der Waals surface area contributed by atoms with E-state index in [1.165, 1.54) is 27.8 Å². The SMILES string of the molecule is Cc1ccc2nc(N(Cc3cccnc3)C(=O)c3ccc(S(=O)(=O)N4CC(C)OC(C)C4)cc3)sc2c1. The molecule has 8 nitrogen and oxygen atoms in total. The maximum Gasteiger partial charge on any atom is 0.260 e. The number of fused-ring (bicyclic) bond motifs is 1. The van der Waals surface area contributed by atoms with E-state index in [9.17, 15) is 13.2 Å². The molecule has 10 heteroatoms. The summed E-state index contributed by atoms with van der Waals surface area (Å²) >= 11 is 1.45. The monoisotopic (exact) mass is 536 g/mol. The number of aryl methyl sites for hydroxylation is 1. The largest absolute Gasteiger partial charge is 0.373 e. The number of hydrogen-bond acceptors (Lipinski definition) is 7. The molecule has 0 aliphatic carbocycles. The van der Waals surface area contributed by atoms with Crippen LogP contribution in [-0.4, -0.2) is 53.9 Å². The molecule has 2 unspecified atom stereocenters. The van der Waals surface area contributed by atoms with Gasteiger partial charge in [0.1, 0.15) is 0 Å². The van der Waals surface area contributed by atoms with Crippen molar-refractivity contribution in [2.45, 2.75) is 44.4 Å². The topological polar surface area (TPSA) is 92.7 Å². The highest BCUT2D eigenvalue weighted by atomic mass is 32.2. The third kappa shape index (κ3) is 5.42. The van der Waals surface area contributed by atoms with Crippen molar-refractivity contribution >= 4 is 42.6 Å². The zero-order valence-electron chi connectivity index (χ0n) is 20.9. The minimum absolute atomic E-state index is 0.152. The number of amides is 1. The highest BCUT2D eigenvalue weighted by molar-refractivity contribution is 7.89. The number of nitrogens with zero attached hydrogens (tertiary/aromatic N) is 4. The predicted octanol–water partition coefficient (Wildman–Crippen LogP) is 4.64. The quantitative estimate of drug-likeness (QED) is 0.356. The average molecular weight is 537 g/mol. The van der Waals surface area contributed by atoms with Crippen molar-refractivity contribution < 1.29 is 17.9 Å². The van der Waals surface area contributed by atoms with Crippen LogP contribution in [0, 0.1) is 6.92 Å². The van der Waals surface area contributed by atoms with Gasteiger partial charge >= 0.3 is 0 Å². The number of carbonyl (C=O) groups excluding carboxylic acids is 1. The van der Waals surface area contributed by atoms with E-state index in [0.717, 1.165) is 21.3 Å². The van der Waals surface area contributed by atoms with Crippen molar-refractivity contribution in [1.29, 1.82) is 0 Å². The van der Waals surface area contributed by atoms with Crippen molar-refractivity contribution in [3.63, 3.8) is 0 Å². The lowest BCUT2D eigenvalue weighted by Crippen LogP contribution is -2.48. The molecule has 1 amide bonds. The summed E-state index contributed by atoms with van der Waals surface area (Å²) in [5, 5.41) is 0.572. The minimum atomic E-state index is -3.70. The molecule has 0 radical (unpaired) electrons. The van der Waals surface area contributed by atoms with Gasteiger partial charge in [0, 0.05) is 31.0 Å². The van der Waals surface area contributed by atoms with Gasteiger partial charge in [0.05, 0.1) is 33.9 Å². The van der Waals surface area contributed by atoms with Crippen LogP contribution in [0.1, 0.15) is 35.3 Å². The molecule has 2 atom stereocenters. The number of pyridine rings is 1. The molecule has 37 heavy (non-hydrogen) atoms. The van der Waals surface area contributed by atoms with E-state index in [0.29, 0.717) is 23.8 Å². The first kappa shape index (κ1) is 25.5. The van der Waals surface area contributed by atoms with Gasteiger partial charge in [-0.25, -0.2) is 13.4 Å². The molecule has 0 saturated carbocycles. The van der Waals surface area contributed by atoms with Crippen LogP contribution in [-0.2, 0) is 21.3 Å². The van der Waals surface area contributed by atoms with Gasteiger partial charge in [-0.05, 0) is 74.4 Å². The molecule has 1 fully saturated rings. The second-order valence-electron chi connectivity index (χ2n) is 9.32. The minimum Gasteiger partial charge on any atom is -0.373 e. The standard InChI is InChI=1S/C27H28N4O4S2/c1-18-6-11-24-25(13-18)36-27(29-24)31(17-21-5-4-12-28-14-21)26(32)22-7-9-23(10-8-22)37(33,34)30-15-19(2)35-20(3)16-30/h4-14,19-20H,15-17H2,1-3H3. The highest BCUT2D eigenvalue weighted by Gasteiger charge is 2.32. The van der Waals surface area contributed by atoms with Crippen molar-refractivity contribution in [2.24, 2.45) is 0 Å². The molecule has 192 valence electrons. The Hall–Kier alpha value is -3.18. The average Bonchev–Trinajstić information content (AvgIpc) is 3.30. The van der Waals surface area contributed by atoms with E-state index in [4.69, 9.17) is 9.72 Å². The van der Waals surface area contributed by atoms with Crippen LogP contribution < -0.4 is 4.90 Å². The number of morpholine rings is 1. The van der Waals surface area contributed by atoms with Gasteiger partial charge in [-0.1, -0.05) is 23.5 Å². The molecule has 0 N–H and O–H groups in total. The third-order valence-corrected chi connectivity index (χ3v) is 9.08. The number of rotatable bonds is 6. The summed E-state index contributed by atoms with van der Waals surface area (Å²) in [6.07, 6.45) is 3.04. The second kappa shape index (κ2) is 10.3. The number of ether oxygens (including phenoxy) is 1. The van der Waals surface area contributed by atoms with Crippen LogP contribution in [0.15, 0.2) is 71.9 Å². The summed E-state index contributed by atoms with van der Waals surface area (Å²) in [5.41, 5.74) is 3.18. The van der Waals surface area contributed by atoms with Crippen molar-refractivity contribution in [3.8, 4) is 0 Å². The molecular weight excluding hydrogens is 508 g/mol. The van der Waals surface area contributed by atoms with Gasteiger partial charge in [0.25, 0.3) is 5.91 Å². The molecule has 0 bridgehead atoms. The van der Waals surface area contributed by atoms with Crippen LogP contribution in [0.25, 0.3) is 10.2 Å². The predicted molar refractivity (Wildman–Crippen MR) is 144 cm³/mol. The van der Waals surface area contributed by atoms with Gasteiger partial charge in [0.2, 0.25) is 10.0 Å². The number of carbonyl (C=O) groups is 1. The van der Waals surface area contributed by atoms with E-state index < -0.39 is 10.0 Å². The number of thiazole rings is 1. The van der Waals surface area contributed by atoms with Crippen LogP contribution in [0.3, 0.4) is 0 Å². The van der Waals surface area contributed by atoms with Gasteiger partial charge in [-0.2, -0.15) is 4.31 Å². The normalized spacial score (nSPS) is 18.7. The first-order valence-electron chi connectivity index (χ1n) is 12.0. The lowest BCUT2D eigenvalue weighted by atomic mass is 10.2. The molecule has 5 rings (SSSR count). The lowest BCUT2D eigenvalue weighted by molar-refractivity contribution is -0.0440. The molecule has 1 saturated heterocycles. The number of sulfonamides is 1. The van der Waals surface area contributed by atoms with Gasteiger partial charge in [-0.15, -0.1) is 0 Å². The molecule has 3 heterocycles. The molecule has 1 aliphatic heterocycles. The molecule has 1 aliphatic rings. The van der Waals surface area contributed by atoms with E-state index in [1.54, 1.807) is 29.4 Å². The van der Waals surface area contributed by atoms with E-state index >= 15 is 0 Å². The van der Waals surface area contributed by atoms with Gasteiger partial charge < -0.3 is 4.74 Å². The fraction of sp³-hybridized carbons (Fsp3) is 0.296. The van der Waals surface area contributed by atoms with Crippen molar-refractivity contribution in [3.05, 3.63) is 83.7 Å². The number of anilines is 1. The van der Waals surface area contributed by atoms with E-state index in [-0.39, 0.29) is 29.6 Å². The summed E-state index contributed by atoms with van der Waals surface area (Å²) in [6.45, 7) is 6.62. The number of aromatic nitrogens is 2. The zero-order chi connectivity index (χ0) is 26.2. The van der Waals surface area contributed by atoms with Crippen molar-refractivity contribution in [1.82, 2.24) is 14.3 Å². The molecule has 0 spiro atoms. The summed E-state index contributed by atoms with van der Waals surface area (Å²) in [4.78, 5) is 24.4. The Morgan fingerprint density at radius 3 is 2.51 bits per heavy atom. The highest BCUT2D eigenvalue weighted by Crippen LogP contribution is 2.32. The van der Waals surface area contributed by atoms with Crippen LogP contribution >= 0.6 is 11.3 Å². The number of hydrogen-bond donors (Lipinski definition) is 0. The molecule has 2 aromatic heterocycles.